The highest BCUT2D eigenvalue weighted by Crippen LogP contribution is 2.37. The number of aliphatic carboxylic acids is 1. The number of ether oxygens (including phenoxy) is 1. The Bertz CT molecular complexity index is 1480. The van der Waals surface area contributed by atoms with Gasteiger partial charge in [0.15, 0.2) is 23.3 Å². The monoisotopic (exact) mass is 511 g/mol. The fourth-order valence-electron chi connectivity index (χ4n) is 3.60. The molecule has 0 fully saturated rings. The largest absolute Gasteiger partial charge is 0.489 e. The summed E-state index contributed by atoms with van der Waals surface area (Å²) in [5.41, 5.74) is -3.18. The molecule has 0 aliphatic heterocycles. The Morgan fingerprint density at radius 1 is 0.861 bits per heavy atom. The van der Waals surface area contributed by atoms with Gasteiger partial charge in [0, 0.05) is 17.3 Å². The van der Waals surface area contributed by atoms with Crippen LogP contribution in [0.3, 0.4) is 0 Å². The Balaban J connectivity index is 1.62. The molecule has 4 aromatic rings. The Labute approximate surface area is 196 Å². The van der Waals surface area contributed by atoms with Crippen LogP contribution in [-0.4, -0.2) is 21.4 Å². The Morgan fingerprint density at radius 2 is 1.44 bits per heavy atom. The molecule has 12 heteroatoms. The van der Waals surface area contributed by atoms with Crippen molar-refractivity contribution in [1.82, 2.24) is 4.57 Å². The quantitative estimate of drug-likeness (QED) is 0.148. The van der Waals surface area contributed by atoms with Crippen LogP contribution in [0.5, 0.6) is 5.75 Å². The van der Waals surface area contributed by atoms with Crippen molar-refractivity contribution >= 4 is 22.7 Å². The molecule has 1 N–H and O–H groups in total. The second-order valence-corrected chi connectivity index (χ2v) is 7.45. The van der Waals surface area contributed by atoms with Gasteiger partial charge in [0.25, 0.3) is 5.78 Å². The molecule has 36 heavy (non-hydrogen) atoms. The molecule has 0 radical (unpaired) electrons. The highest BCUT2D eigenvalue weighted by Gasteiger charge is 2.42. The van der Waals surface area contributed by atoms with E-state index in [1.165, 1.54) is 35.0 Å². The average Bonchev–Trinajstić information content (AvgIpc) is 3.21. The molecule has 0 bridgehead atoms. The molecule has 1 heterocycles. The first kappa shape index (κ1) is 24.8. The molecule has 0 saturated carbocycles. The number of aromatic nitrogens is 1. The van der Waals surface area contributed by atoms with Crippen molar-refractivity contribution in [2.75, 3.05) is 0 Å². The van der Waals surface area contributed by atoms with Gasteiger partial charge in [-0.2, -0.15) is 13.2 Å². The molecule has 4 rings (SSSR count). The third-order valence-corrected chi connectivity index (χ3v) is 5.29. The van der Waals surface area contributed by atoms with E-state index in [1.54, 1.807) is 24.3 Å². The minimum atomic E-state index is -5.65. The van der Waals surface area contributed by atoms with E-state index in [2.05, 4.69) is 0 Å². The third-order valence-electron chi connectivity index (χ3n) is 5.29. The molecular formula is C24H12F7NO4. The number of carboxylic acid groups (broad SMARTS) is 1. The minimum absolute atomic E-state index is 0.0587. The van der Waals surface area contributed by atoms with Crippen LogP contribution in [0.2, 0.25) is 0 Å². The van der Waals surface area contributed by atoms with E-state index in [1.807, 2.05) is 0 Å². The molecule has 3 aromatic carbocycles. The van der Waals surface area contributed by atoms with Gasteiger partial charge >= 0.3 is 12.1 Å². The van der Waals surface area contributed by atoms with Gasteiger partial charge in [0.05, 0.1) is 16.6 Å². The summed E-state index contributed by atoms with van der Waals surface area (Å²) in [6, 6.07) is 11.9. The number of nitrogens with zero attached hydrogens (tertiary/aromatic N) is 1. The Hall–Kier alpha value is -4.35. The van der Waals surface area contributed by atoms with Crippen molar-refractivity contribution in [2.24, 2.45) is 0 Å². The van der Waals surface area contributed by atoms with Crippen LogP contribution in [0.25, 0.3) is 16.6 Å². The number of hydrogen-bond donors (Lipinski definition) is 1. The van der Waals surface area contributed by atoms with Gasteiger partial charge in [-0.15, -0.1) is 0 Å². The van der Waals surface area contributed by atoms with Gasteiger partial charge in [-0.3, -0.25) is 4.79 Å². The molecule has 0 aliphatic carbocycles. The van der Waals surface area contributed by atoms with Crippen molar-refractivity contribution < 1.29 is 50.2 Å². The van der Waals surface area contributed by atoms with Crippen molar-refractivity contribution in [1.29, 1.82) is 0 Å². The van der Waals surface area contributed by atoms with Crippen LogP contribution in [0.15, 0.2) is 54.7 Å². The van der Waals surface area contributed by atoms with Crippen molar-refractivity contribution in [3.8, 4) is 11.4 Å². The molecule has 0 aliphatic rings. The van der Waals surface area contributed by atoms with E-state index < -0.39 is 58.9 Å². The molecule has 1 aromatic heterocycles. The number of carboxylic acids is 1. The van der Waals surface area contributed by atoms with E-state index in [9.17, 15) is 40.3 Å². The number of halogens is 7. The van der Waals surface area contributed by atoms with Crippen molar-refractivity contribution in [3.63, 3.8) is 0 Å². The number of para-hydroxylation sites is 1. The lowest BCUT2D eigenvalue weighted by Crippen LogP contribution is -2.18. The number of rotatable bonds is 6. The Morgan fingerprint density at radius 3 is 2.00 bits per heavy atom. The van der Waals surface area contributed by atoms with Crippen molar-refractivity contribution in [3.05, 3.63) is 94.7 Å². The summed E-state index contributed by atoms with van der Waals surface area (Å²) < 4.78 is 100. The molecule has 0 spiro atoms. The SMILES string of the molecule is O=C(O)C(=O)c1cn(-c2ccc(OCc3c(F)c(F)c(C(F)(F)F)c(F)c3F)cc2)c2ccccc12. The highest BCUT2D eigenvalue weighted by molar-refractivity contribution is 6.42. The fourth-order valence-corrected chi connectivity index (χ4v) is 3.60. The minimum Gasteiger partial charge on any atom is -0.489 e. The maximum atomic E-state index is 14.1. The predicted molar refractivity (Wildman–Crippen MR) is 111 cm³/mol. The van der Waals surface area contributed by atoms with E-state index >= 15 is 0 Å². The van der Waals surface area contributed by atoms with Crippen LogP contribution < -0.4 is 4.74 Å². The maximum Gasteiger partial charge on any atom is 0.422 e. The van der Waals surface area contributed by atoms with Gasteiger partial charge in [-0.05, 0) is 30.3 Å². The number of carbonyl (C=O) groups is 2. The van der Waals surface area contributed by atoms with Crippen LogP contribution in [0, 0.1) is 23.3 Å². The lowest BCUT2D eigenvalue weighted by atomic mass is 10.1. The highest BCUT2D eigenvalue weighted by atomic mass is 19.4. The van der Waals surface area contributed by atoms with Crippen molar-refractivity contribution in [2.45, 2.75) is 12.8 Å². The number of hydrogen-bond acceptors (Lipinski definition) is 3. The summed E-state index contributed by atoms with van der Waals surface area (Å²) in [6.45, 7) is -1.12. The first-order valence-corrected chi connectivity index (χ1v) is 9.94. The summed E-state index contributed by atoms with van der Waals surface area (Å²) in [4.78, 5) is 23.2. The van der Waals surface area contributed by atoms with E-state index in [4.69, 9.17) is 9.84 Å². The number of Topliss-reactive ketones (excluding diaryl/α,β-unsaturated/α-hetero) is 1. The average molecular weight is 511 g/mol. The van der Waals surface area contributed by atoms with Gasteiger partial charge in [0.1, 0.15) is 17.9 Å². The topological polar surface area (TPSA) is 68.5 Å². The molecular weight excluding hydrogens is 499 g/mol. The van der Waals surface area contributed by atoms with Gasteiger partial charge in [-0.25, -0.2) is 22.4 Å². The molecule has 5 nitrogen and oxygen atoms in total. The lowest BCUT2D eigenvalue weighted by molar-refractivity contribution is -0.143. The van der Waals surface area contributed by atoms with E-state index in [-0.39, 0.29) is 11.3 Å². The van der Waals surface area contributed by atoms with Crippen LogP contribution in [0.4, 0.5) is 30.7 Å². The summed E-state index contributed by atoms with van der Waals surface area (Å²) in [5, 5.41) is 9.44. The summed E-state index contributed by atoms with van der Waals surface area (Å²) in [6.07, 6.45) is -4.34. The molecule has 186 valence electrons. The predicted octanol–water partition coefficient (Wildman–Crippen LogP) is 6.05. The van der Waals surface area contributed by atoms with Crippen LogP contribution in [-0.2, 0) is 17.6 Å². The summed E-state index contributed by atoms with van der Waals surface area (Å²) in [7, 11) is 0. The zero-order valence-corrected chi connectivity index (χ0v) is 17.7. The number of alkyl halides is 3. The first-order valence-electron chi connectivity index (χ1n) is 9.94. The summed E-state index contributed by atoms with van der Waals surface area (Å²) in [5.74, 6) is -12.4. The molecule has 0 saturated heterocycles. The van der Waals surface area contributed by atoms with Gasteiger partial charge in [-0.1, -0.05) is 18.2 Å². The number of fused-ring (bicyclic) bond motifs is 1. The van der Waals surface area contributed by atoms with E-state index in [0.717, 1.165) is 0 Å². The second-order valence-electron chi connectivity index (χ2n) is 7.45. The second kappa shape index (κ2) is 9.02. The first-order chi connectivity index (χ1) is 16.9. The molecule has 0 atom stereocenters. The third kappa shape index (κ3) is 4.25. The summed E-state index contributed by atoms with van der Waals surface area (Å²) >= 11 is 0. The molecule has 0 amide bonds. The van der Waals surface area contributed by atoms with Gasteiger partial charge < -0.3 is 14.4 Å². The van der Waals surface area contributed by atoms with Gasteiger partial charge in [0.2, 0.25) is 0 Å². The zero-order valence-electron chi connectivity index (χ0n) is 17.7. The molecule has 0 unspecified atom stereocenters. The van der Waals surface area contributed by atoms with Crippen LogP contribution in [0.1, 0.15) is 21.5 Å². The van der Waals surface area contributed by atoms with E-state index in [0.29, 0.717) is 16.6 Å². The lowest BCUT2D eigenvalue weighted by Gasteiger charge is -2.15. The Kier molecular flexibility index (Phi) is 6.21. The fraction of sp³-hybridized carbons (Fsp3) is 0.0833. The van der Waals surface area contributed by atoms with Crippen LogP contribution >= 0.6 is 0 Å². The number of benzene rings is 3. The number of ketones is 1. The smallest absolute Gasteiger partial charge is 0.422 e. The zero-order chi connectivity index (χ0) is 26.4. The number of carbonyl (C=O) groups excluding carboxylic acids is 1. The maximum absolute atomic E-state index is 14.1. The normalized spacial score (nSPS) is 11.6. The standard InChI is InChI=1S/C24H12F7NO4/c25-18-15(19(26)21(28)17(20(18)27)24(29,30)31)10-36-12-7-5-11(6-8-12)32-9-14(22(33)23(34)35)13-3-1-2-4-16(13)32/h1-9H,10H2,(H,34,35).